The van der Waals surface area contributed by atoms with E-state index >= 15 is 0 Å². The summed E-state index contributed by atoms with van der Waals surface area (Å²) in [7, 11) is 0. The zero-order valence-electron chi connectivity index (χ0n) is 13.3. The Morgan fingerprint density at radius 1 is 0.920 bits per heavy atom. The largest absolute Gasteiger partial charge is 0.277 e. The molecule has 1 heterocycles. The molecular weight excluding hydrogens is 329 g/mol. The van der Waals surface area contributed by atoms with Gasteiger partial charge in [0.05, 0.1) is 6.54 Å². The first-order chi connectivity index (χ1) is 12.0. The Hall–Kier alpha value is -2.76. The van der Waals surface area contributed by atoms with Gasteiger partial charge < -0.3 is 0 Å². The zero-order valence-corrected chi connectivity index (χ0v) is 13.3. The Balaban J connectivity index is 1.86. The van der Waals surface area contributed by atoms with Gasteiger partial charge in [-0.15, -0.1) is 0 Å². The fourth-order valence-corrected chi connectivity index (χ4v) is 3.03. The minimum absolute atomic E-state index is 0.000381. The second-order valence-electron chi connectivity index (χ2n) is 6.27. The normalized spacial score (nSPS) is 14.0. The van der Waals surface area contributed by atoms with Gasteiger partial charge >= 0.3 is 0 Å². The number of rotatable bonds is 4. The fraction of sp³-hybridized carbons (Fsp3) is 0.211. The van der Waals surface area contributed by atoms with E-state index in [1.807, 2.05) is 0 Å². The predicted molar refractivity (Wildman–Crippen MR) is 87.4 cm³/mol. The van der Waals surface area contributed by atoms with Gasteiger partial charge in [-0.1, -0.05) is 12.1 Å². The quantitative estimate of drug-likeness (QED) is 0.703. The van der Waals surface area contributed by atoms with Crippen LogP contribution in [0.2, 0.25) is 0 Å². The van der Waals surface area contributed by atoms with Crippen LogP contribution in [0.5, 0.6) is 0 Å². The Bertz CT molecular complexity index is 985. The molecule has 0 atom stereocenters. The van der Waals surface area contributed by atoms with Gasteiger partial charge in [0.2, 0.25) is 0 Å². The summed E-state index contributed by atoms with van der Waals surface area (Å²) in [6.07, 6.45) is 1.94. The maximum atomic E-state index is 14.3. The van der Waals surface area contributed by atoms with Gasteiger partial charge in [0.15, 0.2) is 5.82 Å². The molecule has 0 N–H and O–H groups in total. The van der Waals surface area contributed by atoms with Crippen molar-refractivity contribution in [3.05, 3.63) is 87.6 Å². The summed E-state index contributed by atoms with van der Waals surface area (Å²) in [4.78, 5) is 12.5. The molecule has 1 fully saturated rings. The minimum Gasteiger partial charge on any atom is -0.277 e. The Morgan fingerprint density at radius 2 is 1.60 bits per heavy atom. The van der Waals surface area contributed by atoms with Crippen molar-refractivity contribution in [2.24, 2.45) is 0 Å². The first kappa shape index (κ1) is 15.7. The number of hydrogen-bond donors (Lipinski definition) is 0. The molecule has 0 saturated heterocycles. The third-order valence-corrected chi connectivity index (χ3v) is 4.40. The van der Waals surface area contributed by atoms with E-state index in [4.69, 9.17) is 0 Å². The molecule has 3 aromatic rings. The van der Waals surface area contributed by atoms with E-state index in [0.29, 0.717) is 6.54 Å². The van der Waals surface area contributed by atoms with Crippen LogP contribution < -0.4 is 5.56 Å². The number of aromatic nitrogens is 2. The lowest BCUT2D eigenvalue weighted by Gasteiger charge is -2.16. The van der Waals surface area contributed by atoms with Crippen molar-refractivity contribution in [2.75, 3.05) is 0 Å². The van der Waals surface area contributed by atoms with Crippen LogP contribution in [0.1, 0.15) is 30.0 Å². The van der Waals surface area contributed by atoms with Gasteiger partial charge in [-0.2, -0.15) is 0 Å². The van der Waals surface area contributed by atoms with Crippen molar-refractivity contribution in [2.45, 2.75) is 25.3 Å². The maximum Gasteiger partial charge on any atom is 0.271 e. The monoisotopic (exact) mass is 344 g/mol. The van der Waals surface area contributed by atoms with Crippen LogP contribution >= 0.6 is 0 Å². The Kier molecular flexibility index (Phi) is 3.75. The maximum absolute atomic E-state index is 14.3. The fourth-order valence-electron chi connectivity index (χ4n) is 3.03. The van der Waals surface area contributed by atoms with E-state index in [0.717, 1.165) is 36.2 Å². The summed E-state index contributed by atoms with van der Waals surface area (Å²) < 4.78 is 43.5. The van der Waals surface area contributed by atoms with Crippen molar-refractivity contribution in [3.63, 3.8) is 0 Å². The second-order valence-corrected chi connectivity index (χ2v) is 6.27. The van der Waals surface area contributed by atoms with Crippen LogP contribution in [0, 0.1) is 17.5 Å². The molecule has 0 bridgehead atoms. The van der Waals surface area contributed by atoms with Crippen molar-refractivity contribution < 1.29 is 13.2 Å². The number of hydrogen-bond acceptors (Lipinski definition) is 1. The van der Waals surface area contributed by atoms with Crippen molar-refractivity contribution in [1.29, 1.82) is 0 Å². The summed E-state index contributed by atoms with van der Waals surface area (Å²) in [6, 6.07) is 10.6. The molecule has 1 saturated carbocycles. The topological polar surface area (TPSA) is 26.9 Å². The average Bonchev–Trinajstić information content (AvgIpc) is 3.36. The van der Waals surface area contributed by atoms with Crippen LogP contribution in [-0.2, 0) is 6.54 Å². The molecule has 1 aromatic heterocycles. The molecular formula is C19H15F3N2O. The van der Waals surface area contributed by atoms with Crippen LogP contribution in [0.15, 0.2) is 53.3 Å². The SMILES string of the molecule is O=c1cc(C2CC2)n(Cc2ccc(F)cc2)n1-c1ccc(F)cc1F. The minimum atomic E-state index is -0.803. The van der Waals surface area contributed by atoms with Gasteiger partial charge in [0.25, 0.3) is 5.56 Å². The van der Waals surface area contributed by atoms with Crippen LogP contribution in [0.25, 0.3) is 5.69 Å². The highest BCUT2D eigenvalue weighted by atomic mass is 19.1. The molecule has 0 amide bonds. The summed E-state index contributed by atoms with van der Waals surface area (Å²) in [6.45, 7) is 0.297. The second kappa shape index (κ2) is 5.95. The summed E-state index contributed by atoms with van der Waals surface area (Å²) in [5.74, 6) is -1.59. The highest BCUT2D eigenvalue weighted by Gasteiger charge is 2.29. The first-order valence-electron chi connectivity index (χ1n) is 8.05. The van der Waals surface area contributed by atoms with Gasteiger partial charge in [-0.3, -0.25) is 9.48 Å². The molecule has 25 heavy (non-hydrogen) atoms. The molecule has 4 rings (SSSR count). The Morgan fingerprint density at radius 3 is 2.24 bits per heavy atom. The number of halogens is 3. The van der Waals surface area contributed by atoms with Gasteiger partial charge in [-0.25, -0.2) is 17.9 Å². The molecule has 2 aromatic carbocycles. The van der Waals surface area contributed by atoms with Gasteiger partial charge in [-0.05, 0) is 42.7 Å². The van der Waals surface area contributed by atoms with Crippen LogP contribution in [-0.4, -0.2) is 9.36 Å². The molecule has 0 unspecified atom stereocenters. The molecule has 0 spiro atoms. The first-order valence-corrected chi connectivity index (χ1v) is 8.05. The number of benzene rings is 2. The number of nitrogens with zero attached hydrogens (tertiary/aromatic N) is 2. The lowest BCUT2D eigenvalue weighted by molar-refractivity contribution is 0.527. The zero-order chi connectivity index (χ0) is 17.6. The molecule has 1 aliphatic rings. The Labute approximate surface area is 141 Å². The molecule has 6 heteroatoms. The van der Waals surface area contributed by atoms with Crippen molar-refractivity contribution in [1.82, 2.24) is 9.36 Å². The predicted octanol–water partition coefficient (Wildman–Crippen LogP) is 3.98. The molecule has 0 aliphatic heterocycles. The van der Waals surface area contributed by atoms with Gasteiger partial charge in [0, 0.05) is 23.7 Å². The standard InChI is InChI=1S/C19H15F3N2O/c20-14-5-1-12(2-6-14)11-23-18(13-3-4-13)10-19(25)24(23)17-8-7-15(21)9-16(17)22/h1-2,5-10,13H,3-4,11H2. The van der Waals surface area contributed by atoms with E-state index in [-0.39, 0.29) is 23.0 Å². The van der Waals surface area contributed by atoms with Crippen molar-refractivity contribution in [3.8, 4) is 5.69 Å². The van der Waals surface area contributed by atoms with E-state index < -0.39 is 11.6 Å². The lowest BCUT2D eigenvalue weighted by atomic mass is 10.2. The third-order valence-electron chi connectivity index (χ3n) is 4.40. The van der Waals surface area contributed by atoms with E-state index in [1.165, 1.54) is 28.9 Å². The third kappa shape index (κ3) is 2.99. The summed E-state index contributed by atoms with van der Waals surface area (Å²) in [5.41, 5.74) is 1.24. The molecule has 128 valence electrons. The average molecular weight is 344 g/mol. The van der Waals surface area contributed by atoms with E-state index in [9.17, 15) is 18.0 Å². The smallest absolute Gasteiger partial charge is 0.271 e. The van der Waals surface area contributed by atoms with Crippen molar-refractivity contribution >= 4 is 0 Å². The lowest BCUT2D eigenvalue weighted by Crippen LogP contribution is -2.23. The molecule has 0 radical (unpaired) electrons. The molecule has 1 aliphatic carbocycles. The van der Waals surface area contributed by atoms with E-state index in [2.05, 4.69) is 0 Å². The summed E-state index contributed by atoms with van der Waals surface area (Å²) >= 11 is 0. The highest BCUT2D eigenvalue weighted by molar-refractivity contribution is 5.35. The van der Waals surface area contributed by atoms with Crippen LogP contribution in [0.4, 0.5) is 13.2 Å². The molecule has 3 nitrogen and oxygen atoms in total. The van der Waals surface area contributed by atoms with E-state index in [1.54, 1.807) is 16.8 Å². The van der Waals surface area contributed by atoms with Crippen LogP contribution in [0.3, 0.4) is 0 Å². The van der Waals surface area contributed by atoms with Gasteiger partial charge in [0.1, 0.15) is 17.3 Å². The summed E-state index contributed by atoms with van der Waals surface area (Å²) in [5, 5.41) is 0. The highest BCUT2D eigenvalue weighted by Crippen LogP contribution is 2.40.